The van der Waals surface area contributed by atoms with Gasteiger partial charge in [0, 0.05) is 5.56 Å². The molecule has 0 spiro atoms. The van der Waals surface area contributed by atoms with Gasteiger partial charge in [0.1, 0.15) is 17.6 Å². The summed E-state index contributed by atoms with van der Waals surface area (Å²) in [7, 11) is 1.42. The standard InChI is InChI=1S/C16H14FN3O3/c1-10(12-4-6-16(21-2)13(17)8-12)18-22-9-11-3-5-14-15(7-11)20-23-19-14/h3-8H,9H2,1-2H3. The first kappa shape index (κ1) is 15.0. The second-order valence-electron chi connectivity index (χ2n) is 4.89. The van der Waals surface area contributed by atoms with Crippen LogP contribution in [0.3, 0.4) is 0 Å². The van der Waals surface area contributed by atoms with Crippen LogP contribution in [0.15, 0.2) is 46.2 Å². The molecule has 1 aromatic heterocycles. The smallest absolute Gasteiger partial charge is 0.165 e. The van der Waals surface area contributed by atoms with Gasteiger partial charge in [-0.15, -0.1) is 0 Å². The van der Waals surface area contributed by atoms with E-state index < -0.39 is 5.82 Å². The van der Waals surface area contributed by atoms with Gasteiger partial charge in [-0.2, -0.15) is 0 Å². The zero-order valence-corrected chi connectivity index (χ0v) is 12.6. The minimum atomic E-state index is -0.441. The molecule has 0 saturated carbocycles. The monoisotopic (exact) mass is 315 g/mol. The van der Waals surface area contributed by atoms with E-state index in [0.717, 1.165) is 5.56 Å². The quantitative estimate of drug-likeness (QED) is 0.533. The van der Waals surface area contributed by atoms with Gasteiger partial charge in [-0.1, -0.05) is 11.2 Å². The molecule has 0 saturated heterocycles. The summed E-state index contributed by atoms with van der Waals surface area (Å²) < 4.78 is 23.2. The molecule has 0 unspecified atom stereocenters. The summed E-state index contributed by atoms with van der Waals surface area (Å²) in [5, 5.41) is 11.5. The first-order chi connectivity index (χ1) is 11.2. The van der Waals surface area contributed by atoms with Crippen LogP contribution in [-0.2, 0) is 11.4 Å². The molecule has 1 heterocycles. The molecule has 0 amide bonds. The predicted octanol–water partition coefficient (Wildman–Crippen LogP) is 3.31. The first-order valence-electron chi connectivity index (χ1n) is 6.89. The van der Waals surface area contributed by atoms with Crippen molar-refractivity contribution in [3.05, 3.63) is 53.3 Å². The Balaban J connectivity index is 1.68. The van der Waals surface area contributed by atoms with Crippen molar-refractivity contribution >= 4 is 16.7 Å². The van der Waals surface area contributed by atoms with Crippen molar-refractivity contribution in [3.8, 4) is 5.75 Å². The van der Waals surface area contributed by atoms with Gasteiger partial charge in [-0.3, -0.25) is 0 Å². The number of rotatable bonds is 5. The molecule has 0 aliphatic rings. The van der Waals surface area contributed by atoms with E-state index in [4.69, 9.17) is 9.57 Å². The average Bonchev–Trinajstić information content (AvgIpc) is 3.02. The Labute approximate surface area is 131 Å². The summed E-state index contributed by atoms with van der Waals surface area (Å²) in [4.78, 5) is 5.31. The molecule has 0 aliphatic carbocycles. The summed E-state index contributed by atoms with van der Waals surface area (Å²) in [5.41, 5.74) is 3.41. The van der Waals surface area contributed by atoms with Crippen LogP contribution in [0.25, 0.3) is 11.0 Å². The van der Waals surface area contributed by atoms with Crippen LogP contribution in [-0.4, -0.2) is 23.1 Å². The van der Waals surface area contributed by atoms with Gasteiger partial charge >= 0.3 is 0 Å². The van der Waals surface area contributed by atoms with Gasteiger partial charge in [0.2, 0.25) is 0 Å². The van der Waals surface area contributed by atoms with Crippen LogP contribution in [0, 0.1) is 5.82 Å². The third kappa shape index (κ3) is 3.28. The summed E-state index contributed by atoms with van der Waals surface area (Å²) in [6.45, 7) is 2.00. The van der Waals surface area contributed by atoms with Crippen LogP contribution in [0.1, 0.15) is 18.1 Å². The highest BCUT2D eigenvalue weighted by Crippen LogP contribution is 2.18. The minimum Gasteiger partial charge on any atom is -0.494 e. The molecule has 0 aliphatic heterocycles. The maximum Gasteiger partial charge on any atom is 0.165 e. The Hall–Kier alpha value is -2.96. The number of ether oxygens (including phenoxy) is 1. The van der Waals surface area contributed by atoms with Gasteiger partial charge in [-0.25, -0.2) is 9.02 Å². The van der Waals surface area contributed by atoms with Crippen molar-refractivity contribution in [3.63, 3.8) is 0 Å². The van der Waals surface area contributed by atoms with Gasteiger partial charge < -0.3 is 9.57 Å². The molecule has 0 atom stereocenters. The molecule has 3 rings (SSSR count). The molecule has 7 heteroatoms. The highest BCUT2D eigenvalue weighted by Gasteiger charge is 2.06. The third-order valence-corrected chi connectivity index (χ3v) is 3.32. The number of benzene rings is 2. The minimum absolute atomic E-state index is 0.192. The van der Waals surface area contributed by atoms with E-state index in [-0.39, 0.29) is 12.4 Å². The number of methoxy groups -OCH3 is 1. The number of fused-ring (bicyclic) bond motifs is 1. The highest BCUT2D eigenvalue weighted by atomic mass is 19.1. The van der Waals surface area contributed by atoms with Gasteiger partial charge in [-0.05, 0) is 53.1 Å². The lowest BCUT2D eigenvalue weighted by atomic mass is 10.1. The summed E-state index contributed by atoms with van der Waals surface area (Å²) >= 11 is 0. The summed E-state index contributed by atoms with van der Waals surface area (Å²) in [6.07, 6.45) is 0. The van der Waals surface area contributed by atoms with Gasteiger partial charge in [0.15, 0.2) is 11.6 Å². The highest BCUT2D eigenvalue weighted by molar-refractivity contribution is 5.98. The van der Waals surface area contributed by atoms with E-state index in [1.807, 2.05) is 12.1 Å². The zero-order chi connectivity index (χ0) is 16.2. The van der Waals surface area contributed by atoms with Crippen LogP contribution >= 0.6 is 0 Å². The average molecular weight is 315 g/mol. The van der Waals surface area contributed by atoms with E-state index in [1.165, 1.54) is 13.2 Å². The Morgan fingerprint density at radius 3 is 2.78 bits per heavy atom. The number of nitrogens with zero attached hydrogens (tertiary/aromatic N) is 3. The van der Waals surface area contributed by atoms with Crippen molar-refractivity contribution in [1.82, 2.24) is 10.3 Å². The molecule has 0 fully saturated rings. The molecular weight excluding hydrogens is 301 g/mol. The molecule has 23 heavy (non-hydrogen) atoms. The number of hydrogen-bond acceptors (Lipinski definition) is 6. The second-order valence-corrected chi connectivity index (χ2v) is 4.89. The van der Waals surface area contributed by atoms with Gasteiger partial charge in [0.05, 0.1) is 12.8 Å². The Morgan fingerprint density at radius 2 is 2.00 bits per heavy atom. The predicted molar refractivity (Wildman–Crippen MR) is 81.8 cm³/mol. The van der Waals surface area contributed by atoms with E-state index in [0.29, 0.717) is 22.3 Å². The lowest BCUT2D eigenvalue weighted by Gasteiger charge is -2.05. The number of oxime groups is 1. The molecular formula is C16H14FN3O3. The van der Waals surface area contributed by atoms with E-state index >= 15 is 0 Å². The lowest BCUT2D eigenvalue weighted by molar-refractivity contribution is 0.130. The molecule has 0 radical (unpaired) electrons. The van der Waals surface area contributed by atoms with E-state index in [2.05, 4.69) is 20.1 Å². The molecule has 2 aromatic carbocycles. The topological polar surface area (TPSA) is 69.7 Å². The Bertz CT molecular complexity index is 861. The molecule has 3 aromatic rings. The number of hydrogen-bond donors (Lipinski definition) is 0. The fourth-order valence-electron chi connectivity index (χ4n) is 2.07. The zero-order valence-electron chi connectivity index (χ0n) is 12.6. The Kier molecular flexibility index (Phi) is 4.18. The lowest BCUT2D eigenvalue weighted by Crippen LogP contribution is -1.99. The first-order valence-corrected chi connectivity index (χ1v) is 6.89. The summed E-state index contributed by atoms with van der Waals surface area (Å²) in [6, 6.07) is 10.1. The van der Waals surface area contributed by atoms with Crippen molar-refractivity contribution in [2.24, 2.45) is 5.16 Å². The normalized spacial score (nSPS) is 11.7. The number of halogens is 1. The SMILES string of the molecule is COc1ccc(C(C)=NOCc2ccc3nonc3c2)cc1F. The largest absolute Gasteiger partial charge is 0.494 e. The Morgan fingerprint density at radius 1 is 1.17 bits per heavy atom. The van der Waals surface area contributed by atoms with Crippen LogP contribution in [0.2, 0.25) is 0 Å². The third-order valence-electron chi connectivity index (χ3n) is 3.32. The molecule has 0 N–H and O–H groups in total. The van der Waals surface area contributed by atoms with Gasteiger partial charge in [0.25, 0.3) is 0 Å². The number of aromatic nitrogens is 2. The molecule has 0 bridgehead atoms. The molecule has 6 nitrogen and oxygen atoms in total. The maximum atomic E-state index is 13.7. The maximum absolute atomic E-state index is 13.7. The molecule has 118 valence electrons. The fraction of sp³-hybridized carbons (Fsp3) is 0.188. The van der Waals surface area contributed by atoms with Crippen LogP contribution in [0.5, 0.6) is 5.75 Å². The van der Waals surface area contributed by atoms with Crippen LogP contribution in [0.4, 0.5) is 4.39 Å². The van der Waals surface area contributed by atoms with E-state index in [1.54, 1.807) is 25.1 Å². The van der Waals surface area contributed by atoms with E-state index in [9.17, 15) is 4.39 Å². The van der Waals surface area contributed by atoms with Crippen molar-refractivity contribution < 1.29 is 18.6 Å². The van der Waals surface area contributed by atoms with Crippen molar-refractivity contribution in [2.75, 3.05) is 7.11 Å². The van der Waals surface area contributed by atoms with Crippen LogP contribution < -0.4 is 4.74 Å². The second kappa shape index (κ2) is 6.43. The van der Waals surface area contributed by atoms with Crippen molar-refractivity contribution in [1.29, 1.82) is 0 Å². The summed E-state index contributed by atoms with van der Waals surface area (Å²) in [5.74, 6) is -0.250. The van der Waals surface area contributed by atoms with Crippen molar-refractivity contribution in [2.45, 2.75) is 13.5 Å². The fourth-order valence-corrected chi connectivity index (χ4v) is 2.07.